The number of hydrogen-bond acceptors (Lipinski definition) is 4. The van der Waals surface area contributed by atoms with Crippen LogP contribution in [0.1, 0.15) is 29.7 Å². The zero-order valence-corrected chi connectivity index (χ0v) is 20.4. The summed E-state index contributed by atoms with van der Waals surface area (Å²) in [4.78, 5) is 31.9. The van der Waals surface area contributed by atoms with Crippen molar-refractivity contribution in [1.82, 2.24) is 9.55 Å². The van der Waals surface area contributed by atoms with Crippen molar-refractivity contribution in [2.45, 2.75) is 33.7 Å². The van der Waals surface area contributed by atoms with E-state index >= 15 is 0 Å². The van der Waals surface area contributed by atoms with Gasteiger partial charge in [-0.1, -0.05) is 54.1 Å². The molecule has 0 radical (unpaired) electrons. The van der Waals surface area contributed by atoms with Gasteiger partial charge in [0, 0.05) is 16.6 Å². The van der Waals surface area contributed by atoms with Crippen molar-refractivity contribution < 1.29 is 4.79 Å². The Morgan fingerprint density at radius 1 is 1.00 bits per heavy atom. The van der Waals surface area contributed by atoms with Gasteiger partial charge in [0.2, 0.25) is 5.91 Å². The van der Waals surface area contributed by atoms with Crippen molar-refractivity contribution >= 4 is 43.9 Å². The first-order chi connectivity index (χ1) is 16.3. The highest BCUT2D eigenvalue weighted by atomic mass is 32.1. The van der Waals surface area contributed by atoms with Gasteiger partial charge in [0.05, 0.1) is 11.7 Å². The average molecular weight is 468 g/mol. The smallest absolute Gasteiger partial charge is 0.263 e. The lowest BCUT2D eigenvalue weighted by atomic mass is 10.0. The highest BCUT2D eigenvalue weighted by Crippen LogP contribution is 2.33. The summed E-state index contributed by atoms with van der Waals surface area (Å²) in [7, 11) is 0. The molecule has 6 heteroatoms. The lowest BCUT2D eigenvalue weighted by molar-refractivity contribution is -0.118. The number of aromatic nitrogens is 2. The molecule has 0 saturated heterocycles. The number of amides is 1. The maximum absolute atomic E-state index is 13.6. The van der Waals surface area contributed by atoms with Gasteiger partial charge in [-0.2, -0.15) is 0 Å². The molecule has 170 valence electrons. The van der Waals surface area contributed by atoms with Gasteiger partial charge < -0.3 is 5.32 Å². The summed E-state index contributed by atoms with van der Waals surface area (Å²) in [6, 6.07) is 17.7. The van der Waals surface area contributed by atoms with E-state index in [0.29, 0.717) is 10.2 Å². The molecule has 0 aliphatic heterocycles. The van der Waals surface area contributed by atoms with Crippen LogP contribution in [0.15, 0.2) is 71.1 Å². The predicted octanol–water partition coefficient (Wildman–Crippen LogP) is 6.40. The summed E-state index contributed by atoms with van der Waals surface area (Å²) in [5.74, 6) is -0.249. The molecular weight excluding hydrogens is 442 g/mol. The number of fused-ring (bicyclic) bond motifs is 2. The van der Waals surface area contributed by atoms with E-state index in [1.165, 1.54) is 22.2 Å². The highest BCUT2D eigenvalue weighted by Gasteiger charge is 2.21. The minimum atomic E-state index is -0.714. The van der Waals surface area contributed by atoms with E-state index in [1.54, 1.807) is 6.92 Å². The summed E-state index contributed by atoms with van der Waals surface area (Å²) in [6.45, 7) is 7.70. The van der Waals surface area contributed by atoms with Crippen molar-refractivity contribution in [2.24, 2.45) is 0 Å². The summed E-state index contributed by atoms with van der Waals surface area (Å²) >= 11 is 1.44. The molecule has 1 N–H and O–H groups in total. The topological polar surface area (TPSA) is 64.0 Å². The van der Waals surface area contributed by atoms with Gasteiger partial charge >= 0.3 is 0 Å². The van der Waals surface area contributed by atoms with Crippen LogP contribution in [0.3, 0.4) is 0 Å². The lowest BCUT2D eigenvalue weighted by Crippen LogP contribution is -2.32. The van der Waals surface area contributed by atoms with Gasteiger partial charge in [-0.05, 0) is 61.2 Å². The molecule has 0 spiro atoms. The van der Waals surface area contributed by atoms with Crippen LogP contribution in [-0.4, -0.2) is 15.5 Å². The first kappa shape index (κ1) is 22.0. The number of hydrogen-bond donors (Lipinski definition) is 1. The van der Waals surface area contributed by atoms with Gasteiger partial charge in [-0.3, -0.25) is 14.2 Å². The Balaban J connectivity index is 1.54. The fourth-order valence-electron chi connectivity index (χ4n) is 4.52. The van der Waals surface area contributed by atoms with Crippen LogP contribution in [0.25, 0.3) is 32.1 Å². The number of carbonyl (C=O) groups is 1. The number of benzene rings is 3. The van der Waals surface area contributed by atoms with Crippen LogP contribution >= 0.6 is 11.3 Å². The van der Waals surface area contributed by atoms with Crippen LogP contribution in [0.5, 0.6) is 0 Å². The molecule has 0 saturated carbocycles. The second kappa shape index (κ2) is 8.54. The number of thiophene rings is 1. The number of carbonyl (C=O) groups excluding carboxylic acids is 1. The van der Waals surface area contributed by atoms with Crippen molar-refractivity contribution in [3.05, 3.63) is 93.3 Å². The average Bonchev–Trinajstić information content (AvgIpc) is 3.26. The van der Waals surface area contributed by atoms with Crippen LogP contribution < -0.4 is 10.9 Å². The molecule has 0 fully saturated rings. The van der Waals surface area contributed by atoms with Gasteiger partial charge in [0.25, 0.3) is 5.56 Å². The molecular formula is C28H25N3O2S. The van der Waals surface area contributed by atoms with Crippen molar-refractivity contribution in [1.29, 1.82) is 0 Å². The third-order valence-electron chi connectivity index (χ3n) is 6.30. The Labute approximate surface area is 201 Å². The Bertz CT molecular complexity index is 1610. The molecule has 1 atom stereocenters. The Morgan fingerprint density at radius 2 is 1.71 bits per heavy atom. The predicted molar refractivity (Wildman–Crippen MR) is 141 cm³/mol. The minimum absolute atomic E-state index is 0.214. The van der Waals surface area contributed by atoms with E-state index in [4.69, 9.17) is 0 Å². The van der Waals surface area contributed by atoms with Crippen molar-refractivity contribution in [3.63, 3.8) is 0 Å². The summed E-state index contributed by atoms with van der Waals surface area (Å²) < 4.78 is 1.42. The number of rotatable bonds is 4. The van der Waals surface area contributed by atoms with E-state index in [0.717, 1.165) is 44.3 Å². The van der Waals surface area contributed by atoms with Crippen LogP contribution in [0.4, 0.5) is 5.69 Å². The summed E-state index contributed by atoms with van der Waals surface area (Å²) in [5, 5.41) is 7.79. The lowest BCUT2D eigenvalue weighted by Gasteiger charge is -2.18. The molecule has 1 unspecified atom stereocenters. The van der Waals surface area contributed by atoms with E-state index in [9.17, 15) is 9.59 Å². The fraction of sp³-hybridized carbons (Fsp3) is 0.179. The fourth-order valence-corrected chi connectivity index (χ4v) is 5.43. The standard InChI is InChI=1S/C28H25N3O2S/c1-16-11-17(2)25(18(3)12-16)30-26(32)19(4)31-15-29-27-24(28(31)33)23(14-34-27)22-10-9-20-7-5-6-8-21(20)13-22/h5-15,19H,1-4H3,(H,30,32). The highest BCUT2D eigenvalue weighted by molar-refractivity contribution is 7.17. The Hall–Kier alpha value is -3.77. The first-order valence-corrected chi connectivity index (χ1v) is 12.1. The molecule has 5 aromatic rings. The van der Waals surface area contributed by atoms with Crippen LogP contribution in [0, 0.1) is 20.8 Å². The maximum atomic E-state index is 13.6. The largest absolute Gasteiger partial charge is 0.324 e. The van der Waals surface area contributed by atoms with Gasteiger partial charge in [0.1, 0.15) is 10.9 Å². The second-order valence-electron chi connectivity index (χ2n) is 8.79. The van der Waals surface area contributed by atoms with Gasteiger partial charge in [-0.25, -0.2) is 4.98 Å². The molecule has 3 aromatic carbocycles. The normalized spacial score (nSPS) is 12.2. The van der Waals surface area contributed by atoms with E-state index < -0.39 is 6.04 Å². The molecule has 0 bridgehead atoms. The van der Waals surface area contributed by atoms with Crippen molar-refractivity contribution in [3.8, 4) is 11.1 Å². The number of nitrogens with one attached hydrogen (secondary N) is 1. The van der Waals surface area contributed by atoms with Crippen LogP contribution in [-0.2, 0) is 4.79 Å². The molecule has 34 heavy (non-hydrogen) atoms. The zero-order valence-electron chi connectivity index (χ0n) is 19.5. The van der Waals surface area contributed by atoms with E-state index in [2.05, 4.69) is 34.6 Å². The Morgan fingerprint density at radius 3 is 2.44 bits per heavy atom. The molecule has 1 amide bonds. The first-order valence-electron chi connectivity index (χ1n) is 11.2. The van der Waals surface area contributed by atoms with E-state index in [-0.39, 0.29) is 11.5 Å². The second-order valence-corrected chi connectivity index (χ2v) is 9.65. The third kappa shape index (κ3) is 3.80. The van der Waals surface area contributed by atoms with Gasteiger partial charge in [0.15, 0.2) is 0 Å². The molecule has 0 aliphatic carbocycles. The van der Waals surface area contributed by atoms with E-state index in [1.807, 2.05) is 56.5 Å². The minimum Gasteiger partial charge on any atom is -0.324 e. The molecule has 0 aliphatic rings. The number of nitrogens with zero attached hydrogens (tertiary/aromatic N) is 2. The Kier molecular flexibility index (Phi) is 5.54. The maximum Gasteiger partial charge on any atom is 0.263 e. The molecule has 2 heterocycles. The van der Waals surface area contributed by atoms with Gasteiger partial charge in [-0.15, -0.1) is 11.3 Å². The zero-order chi connectivity index (χ0) is 24.0. The SMILES string of the molecule is Cc1cc(C)c(NC(=O)C(C)n2cnc3scc(-c4ccc5ccccc5c4)c3c2=O)c(C)c1. The summed E-state index contributed by atoms with van der Waals surface area (Å²) in [6.07, 6.45) is 1.48. The van der Waals surface area contributed by atoms with Crippen molar-refractivity contribution in [2.75, 3.05) is 5.32 Å². The summed E-state index contributed by atoms with van der Waals surface area (Å²) in [5.41, 5.74) is 5.52. The molecule has 5 nitrogen and oxygen atoms in total. The quantitative estimate of drug-likeness (QED) is 0.332. The monoisotopic (exact) mass is 467 g/mol. The number of anilines is 1. The van der Waals surface area contributed by atoms with Crippen LogP contribution in [0.2, 0.25) is 0 Å². The third-order valence-corrected chi connectivity index (χ3v) is 7.19. The number of aryl methyl sites for hydroxylation is 3. The molecule has 2 aromatic heterocycles. The molecule has 5 rings (SSSR count).